The molecule has 15 heavy (non-hydrogen) atoms. The van der Waals surface area contributed by atoms with E-state index in [0.29, 0.717) is 6.79 Å². The Labute approximate surface area is 89.5 Å². The Bertz CT molecular complexity index is 267. The van der Waals surface area contributed by atoms with Crippen LogP contribution in [0.3, 0.4) is 0 Å². The molecule has 1 amide bonds. The second-order valence-corrected chi connectivity index (χ2v) is 4.64. The largest absolute Gasteiger partial charge is 0.359 e. The van der Waals surface area contributed by atoms with Crippen molar-refractivity contribution >= 4 is 5.91 Å². The summed E-state index contributed by atoms with van der Waals surface area (Å²) in [5.41, 5.74) is -0.484. The van der Waals surface area contributed by atoms with E-state index in [2.05, 4.69) is 10.6 Å². The van der Waals surface area contributed by atoms with E-state index in [9.17, 15) is 4.79 Å². The third kappa shape index (κ3) is 1.64. The Morgan fingerprint density at radius 1 is 1.47 bits per heavy atom. The van der Waals surface area contributed by atoms with Crippen molar-refractivity contribution in [3.63, 3.8) is 0 Å². The maximum atomic E-state index is 11.8. The van der Waals surface area contributed by atoms with Gasteiger partial charge in [0.15, 0.2) is 0 Å². The molecule has 0 aromatic rings. The highest BCUT2D eigenvalue weighted by Crippen LogP contribution is 2.33. The predicted molar refractivity (Wildman–Crippen MR) is 54.3 cm³/mol. The normalized spacial score (nSPS) is 35.3. The highest BCUT2D eigenvalue weighted by molar-refractivity contribution is 5.82. The molecule has 5 nitrogen and oxygen atoms in total. The second-order valence-electron chi connectivity index (χ2n) is 4.64. The highest BCUT2D eigenvalue weighted by Gasteiger charge is 2.50. The molecule has 3 atom stereocenters. The molecule has 2 aliphatic heterocycles. The van der Waals surface area contributed by atoms with Gasteiger partial charge in [-0.2, -0.15) is 0 Å². The average molecular weight is 214 g/mol. The van der Waals surface area contributed by atoms with Gasteiger partial charge in [0, 0.05) is 19.6 Å². The SMILES string of the molecule is CNC(=O)C(C)(C)C1NCC2OCOC21. The fourth-order valence-corrected chi connectivity index (χ4v) is 2.38. The summed E-state index contributed by atoms with van der Waals surface area (Å²) < 4.78 is 10.9. The van der Waals surface area contributed by atoms with Gasteiger partial charge in [-0.15, -0.1) is 0 Å². The van der Waals surface area contributed by atoms with Gasteiger partial charge < -0.3 is 20.1 Å². The lowest BCUT2D eigenvalue weighted by Gasteiger charge is -2.32. The van der Waals surface area contributed by atoms with Crippen molar-refractivity contribution in [1.82, 2.24) is 10.6 Å². The summed E-state index contributed by atoms with van der Waals surface area (Å²) >= 11 is 0. The first-order valence-corrected chi connectivity index (χ1v) is 5.26. The minimum absolute atomic E-state index is 0.00250. The third-order valence-electron chi connectivity index (χ3n) is 3.37. The molecule has 2 rings (SSSR count). The van der Waals surface area contributed by atoms with Gasteiger partial charge in [-0.05, 0) is 13.8 Å². The summed E-state index contributed by atoms with van der Waals surface area (Å²) in [4.78, 5) is 11.8. The lowest BCUT2D eigenvalue weighted by atomic mass is 9.81. The standard InChI is InChI=1S/C10H18N2O3/c1-10(2,9(13)11-3)8-7-6(4-12-8)14-5-15-7/h6-8,12H,4-5H2,1-3H3,(H,11,13). The molecule has 2 saturated heterocycles. The Kier molecular flexibility index (Phi) is 2.70. The van der Waals surface area contributed by atoms with Gasteiger partial charge in [-0.1, -0.05) is 0 Å². The number of nitrogens with one attached hydrogen (secondary N) is 2. The Hall–Kier alpha value is -0.650. The van der Waals surface area contributed by atoms with Crippen LogP contribution in [0.4, 0.5) is 0 Å². The molecule has 3 unspecified atom stereocenters. The smallest absolute Gasteiger partial charge is 0.227 e. The fourth-order valence-electron chi connectivity index (χ4n) is 2.38. The molecule has 0 bridgehead atoms. The van der Waals surface area contributed by atoms with Crippen LogP contribution < -0.4 is 10.6 Å². The van der Waals surface area contributed by atoms with E-state index in [1.54, 1.807) is 7.05 Å². The molecule has 5 heteroatoms. The van der Waals surface area contributed by atoms with Gasteiger partial charge in [0.1, 0.15) is 19.0 Å². The molecule has 0 aromatic carbocycles. The molecular formula is C10H18N2O3. The molecule has 0 saturated carbocycles. The van der Waals surface area contributed by atoms with E-state index in [-0.39, 0.29) is 24.2 Å². The van der Waals surface area contributed by atoms with E-state index >= 15 is 0 Å². The number of ether oxygens (including phenoxy) is 2. The zero-order valence-electron chi connectivity index (χ0n) is 9.37. The second kappa shape index (κ2) is 3.73. The summed E-state index contributed by atoms with van der Waals surface area (Å²) in [5.74, 6) is 0.0242. The monoisotopic (exact) mass is 214 g/mol. The number of amides is 1. The molecule has 2 fully saturated rings. The number of carbonyl (C=O) groups excluding carboxylic acids is 1. The Morgan fingerprint density at radius 3 is 2.87 bits per heavy atom. The van der Waals surface area contributed by atoms with E-state index in [1.165, 1.54) is 0 Å². The van der Waals surface area contributed by atoms with E-state index in [4.69, 9.17) is 9.47 Å². The van der Waals surface area contributed by atoms with E-state index < -0.39 is 5.41 Å². The summed E-state index contributed by atoms with van der Waals surface area (Å²) in [7, 11) is 1.66. The van der Waals surface area contributed by atoms with Crippen LogP contribution in [-0.4, -0.2) is 44.5 Å². The van der Waals surface area contributed by atoms with Crippen LogP contribution >= 0.6 is 0 Å². The zero-order valence-corrected chi connectivity index (χ0v) is 9.37. The number of hydrogen-bond acceptors (Lipinski definition) is 4. The van der Waals surface area contributed by atoms with Crippen molar-refractivity contribution < 1.29 is 14.3 Å². The molecule has 0 aromatic heterocycles. The molecule has 0 aliphatic carbocycles. The van der Waals surface area contributed by atoms with Gasteiger partial charge in [0.05, 0.1) is 5.41 Å². The maximum absolute atomic E-state index is 11.8. The topological polar surface area (TPSA) is 59.6 Å². The maximum Gasteiger partial charge on any atom is 0.227 e. The lowest BCUT2D eigenvalue weighted by Crippen LogP contribution is -2.52. The Morgan fingerprint density at radius 2 is 2.20 bits per heavy atom. The molecule has 0 radical (unpaired) electrons. The average Bonchev–Trinajstić information content (AvgIpc) is 2.76. The first kappa shape index (κ1) is 10.9. The van der Waals surface area contributed by atoms with Gasteiger partial charge in [0.2, 0.25) is 5.91 Å². The highest BCUT2D eigenvalue weighted by atomic mass is 16.7. The number of hydrogen-bond donors (Lipinski definition) is 2. The summed E-state index contributed by atoms with van der Waals surface area (Å²) in [5, 5.41) is 5.99. The summed E-state index contributed by atoms with van der Waals surface area (Å²) in [6, 6.07) is 0.0185. The van der Waals surface area contributed by atoms with Gasteiger partial charge >= 0.3 is 0 Å². The first-order chi connectivity index (χ1) is 7.07. The van der Waals surface area contributed by atoms with Crippen LogP contribution in [0.2, 0.25) is 0 Å². The quantitative estimate of drug-likeness (QED) is 0.649. The van der Waals surface area contributed by atoms with Crippen LogP contribution in [0.25, 0.3) is 0 Å². The predicted octanol–water partition coefficient (Wildman–Crippen LogP) is -0.528. The van der Waals surface area contributed by atoms with Gasteiger partial charge in [0.25, 0.3) is 0 Å². The van der Waals surface area contributed by atoms with Gasteiger partial charge in [-0.25, -0.2) is 0 Å². The minimum atomic E-state index is -0.484. The lowest BCUT2D eigenvalue weighted by molar-refractivity contribution is -0.131. The van der Waals surface area contributed by atoms with Gasteiger partial charge in [-0.3, -0.25) is 4.79 Å². The third-order valence-corrected chi connectivity index (χ3v) is 3.37. The zero-order chi connectivity index (χ0) is 11.1. The van der Waals surface area contributed by atoms with Crippen LogP contribution in [-0.2, 0) is 14.3 Å². The summed E-state index contributed by atoms with van der Waals surface area (Å²) in [6.07, 6.45) is 0.0937. The van der Waals surface area contributed by atoms with Crippen molar-refractivity contribution in [2.75, 3.05) is 20.4 Å². The fraction of sp³-hybridized carbons (Fsp3) is 0.900. The van der Waals surface area contributed by atoms with Crippen LogP contribution in [0.15, 0.2) is 0 Å². The summed E-state index contributed by atoms with van der Waals surface area (Å²) in [6.45, 7) is 4.95. The Balaban J connectivity index is 2.13. The minimum Gasteiger partial charge on any atom is -0.359 e. The first-order valence-electron chi connectivity index (χ1n) is 5.26. The van der Waals surface area contributed by atoms with Crippen molar-refractivity contribution in [1.29, 1.82) is 0 Å². The molecule has 86 valence electrons. The van der Waals surface area contributed by atoms with Crippen LogP contribution in [0.5, 0.6) is 0 Å². The molecular weight excluding hydrogens is 196 g/mol. The van der Waals surface area contributed by atoms with Crippen molar-refractivity contribution in [2.45, 2.75) is 32.1 Å². The van der Waals surface area contributed by atoms with Crippen LogP contribution in [0, 0.1) is 5.41 Å². The number of rotatable bonds is 2. The molecule has 0 spiro atoms. The molecule has 2 heterocycles. The van der Waals surface area contributed by atoms with E-state index in [1.807, 2.05) is 13.8 Å². The van der Waals surface area contributed by atoms with Crippen molar-refractivity contribution in [2.24, 2.45) is 5.41 Å². The number of fused-ring (bicyclic) bond motifs is 1. The number of carbonyl (C=O) groups is 1. The molecule has 2 aliphatic rings. The van der Waals surface area contributed by atoms with Crippen molar-refractivity contribution in [3.05, 3.63) is 0 Å². The van der Waals surface area contributed by atoms with Crippen LogP contribution in [0.1, 0.15) is 13.8 Å². The van der Waals surface area contributed by atoms with E-state index in [0.717, 1.165) is 6.54 Å². The molecule has 2 N–H and O–H groups in total. The van der Waals surface area contributed by atoms with Crippen molar-refractivity contribution in [3.8, 4) is 0 Å².